The molecule has 0 radical (unpaired) electrons. The molecule has 7 N–H and O–H groups in total. The monoisotopic (exact) mass is 192 g/mol. The molecule has 0 spiro atoms. The maximum absolute atomic E-state index is 9.45. The second-order valence-electron chi connectivity index (χ2n) is 3.41. The van der Waals surface area contributed by atoms with Crippen LogP contribution in [0.25, 0.3) is 0 Å². The fraction of sp³-hybridized carbons (Fsp3) is 1.00. The van der Waals surface area contributed by atoms with E-state index in [1.54, 1.807) is 6.92 Å². The van der Waals surface area contributed by atoms with Gasteiger partial charge in [-0.15, -0.1) is 0 Å². The van der Waals surface area contributed by atoms with Gasteiger partial charge in [0.15, 0.2) is 6.29 Å². The Bertz CT molecular complexity index is 178. The van der Waals surface area contributed by atoms with Crippen molar-refractivity contribution < 1.29 is 20.1 Å². The molecule has 1 fully saturated rings. The highest BCUT2D eigenvalue weighted by molar-refractivity contribution is 4.93. The van der Waals surface area contributed by atoms with Crippen LogP contribution >= 0.6 is 0 Å². The van der Waals surface area contributed by atoms with Crippen LogP contribution in [0.4, 0.5) is 0 Å². The first-order valence-electron chi connectivity index (χ1n) is 4.16. The molecule has 1 saturated heterocycles. The van der Waals surface area contributed by atoms with Crippen molar-refractivity contribution in [1.82, 2.24) is 0 Å². The zero-order valence-corrected chi connectivity index (χ0v) is 7.37. The van der Waals surface area contributed by atoms with Gasteiger partial charge in [-0.2, -0.15) is 0 Å². The van der Waals surface area contributed by atoms with Gasteiger partial charge in [-0.1, -0.05) is 0 Å². The lowest BCUT2D eigenvalue weighted by Gasteiger charge is -2.40. The summed E-state index contributed by atoms with van der Waals surface area (Å²) in [5.74, 6) is 0. The Morgan fingerprint density at radius 2 is 1.77 bits per heavy atom. The van der Waals surface area contributed by atoms with Crippen LogP contribution in [0, 0.1) is 0 Å². The largest absolute Gasteiger partial charge is 0.388 e. The SMILES string of the molecule is C[C@@H](N)[C@H]1O[C@H](O)[C@H](N)[C@@H](O)[C@@H]1O. The van der Waals surface area contributed by atoms with Gasteiger partial charge in [0.2, 0.25) is 0 Å². The smallest absolute Gasteiger partial charge is 0.172 e. The van der Waals surface area contributed by atoms with Crippen LogP contribution in [-0.4, -0.2) is 52.0 Å². The molecule has 78 valence electrons. The molecule has 0 bridgehead atoms. The number of aliphatic hydroxyl groups excluding tert-OH is 3. The van der Waals surface area contributed by atoms with E-state index < -0.39 is 36.7 Å². The van der Waals surface area contributed by atoms with Crippen molar-refractivity contribution in [2.75, 3.05) is 0 Å². The van der Waals surface area contributed by atoms with Crippen LogP contribution in [0.2, 0.25) is 0 Å². The summed E-state index contributed by atoms with van der Waals surface area (Å²) in [6, 6.07) is -1.48. The minimum Gasteiger partial charge on any atom is -0.388 e. The molecule has 1 rings (SSSR count). The Labute approximate surface area is 76.1 Å². The molecular formula is C7H16N2O4. The Balaban J connectivity index is 2.70. The van der Waals surface area contributed by atoms with Crippen molar-refractivity contribution in [3.8, 4) is 0 Å². The molecule has 1 aliphatic heterocycles. The van der Waals surface area contributed by atoms with E-state index in [0.717, 1.165) is 0 Å². The Kier molecular flexibility index (Phi) is 3.23. The van der Waals surface area contributed by atoms with Crippen molar-refractivity contribution in [2.45, 2.75) is 43.6 Å². The summed E-state index contributed by atoms with van der Waals surface area (Å²) in [5.41, 5.74) is 10.8. The molecule has 13 heavy (non-hydrogen) atoms. The van der Waals surface area contributed by atoms with E-state index in [2.05, 4.69) is 0 Å². The Morgan fingerprint density at radius 1 is 1.23 bits per heavy atom. The zero-order valence-electron chi connectivity index (χ0n) is 7.37. The van der Waals surface area contributed by atoms with Crippen LogP contribution in [-0.2, 0) is 4.74 Å². The minimum absolute atomic E-state index is 0.480. The second-order valence-corrected chi connectivity index (χ2v) is 3.41. The molecule has 0 unspecified atom stereocenters. The van der Waals surface area contributed by atoms with Gasteiger partial charge in [-0.3, -0.25) is 0 Å². The van der Waals surface area contributed by atoms with Crippen molar-refractivity contribution in [2.24, 2.45) is 11.5 Å². The summed E-state index contributed by atoms with van der Waals surface area (Å²) < 4.78 is 4.94. The zero-order chi connectivity index (χ0) is 10.2. The molecular weight excluding hydrogens is 176 g/mol. The molecule has 0 amide bonds. The number of rotatable bonds is 1. The molecule has 0 aromatic rings. The van der Waals surface area contributed by atoms with Crippen molar-refractivity contribution in [3.05, 3.63) is 0 Å². The maximum atomic E-state index is 9.45. The molecule has 1 heterocycles. The molecule has 6 heteroatoms. The third kappa shape index (κ3) is 1.98. The van der Waals surface area contributed by atoms with Gasteiger partial charge in [0.1, 0.15) is 18.3 Å². The van der Waals surface area contributed by atoms with Gasteiger partial charge >= 0.3 is 0 Å². The molecule has 1 aliphatic rings. The molecule has 0 aromatic heterocycles. The predicted molar refractivity (Wildman–Crippen MR) is 44.5 cm³/mol. The summed E-state index contributed by atoms with van der Waals surface area (Å²) in [7, 11) is 0. The van der Waals surface area contributed by atoms with Gasteiger partial charge in [0, 0.05) is 6.04 Å². The quantitative estimate of drug-likeness (QED) is 0.304. The molecule has 6 nitrogen and oxygen atoms in total. The summed E-state index contributed by atoms with van der Waals surface area (Å²) in [4.78, 5) is 0. The average Bonchev–Trinajstić information content (AvgIpc) is 2.07. The van der Waals surface area contributed by atoms with E-state index in [4.69, 9.17) is 16.2 Å². The Hall–Kier alpha value is -0.240. The number of aliphatic hydroxyl groups is 3. The third-order valence-electron chi connectivity index (χ3n) is 2.22. The van der Waals surface area contributed by atoms with Gasteiger partial charge in [-0.25, -0.2) is 0 Å². The summed E-state index contributed by atoms with van der Waals surface area (Å²) in [6.45, 7) is 1.62. The fourth-order valence-electron chi connectivity index (χ4n) is 1.36. The van der Waals surface area contributed by atoms with Crippen LogP contribution in [0.15, 0.2) is 0 Å². The molecule has 6 atom stereocenters. The topological polar surface area (TPSA) is 122 Å². The second kappa shape index (κ2) is 3.87. The molecule has 0 aromatic carbocycles. The van der Waals surface area contributed by atoms with Crippen LogP contribution in [0.5, 0.6) is 0 Å². The normalized spacial score (nSPS) is 48.9. The fourth-order valence-corrected chi connectivity index (χ4v) is 1.36. The summed E-state index contributed by atoms with van der Waals surface area (Å²) in [6.07, 6.45) is -4.43. The number of nitrogens with two attached hydrogens (primary N) is 2. The van der Waals surface area contributed by atoms with E-state index >= 15 is 0 Å². The molecule has 0 aliphatic carbocycles. The Morgan fingerprint density at radius 3 is 2.23 bits per heavy atom. The number of ether oxygens (including phenoxy) is 1. The van der Waals surface area contributed by atoms with Crippen LogP contribution in [0.3, 0.4) is 0 Å². The highest BCUT2D eigenvalue weighted by Crippen LogP contribution is 2.19. The number of hydrogen-bond acceptors (Lipinski definition) is 6. The maximum Gasteiger partial charge on any atom is 0.172 e. The first kappa shape index (κ1) is 10.8. The minimum atomic E-state index is -1.28. The van der Waals surface area contributed by atoms with Crippen molar-refractivity contribution in [3.63, 3.8) is 0 Å². The lowest BCUT2D eigenvalue weighted by molar-refractivity contribution is -0.245. The first-order chi connectivity index (χ1) is 5.95. The summed E-state index contributed by atoms with van der Waals surface area (Å²) in [5, 5.41) is 28.0. The number of hydrogen-bond donors (Lipinski definition) is 5. The van der Waals surface area contributed by atoms with E-state index in [-0.39, 0.29) is 0 Å². The van der Waals surface area contributed by atoms with E-state index in [1.165, 1.54) is 0 Å². The predicted octanol–water partition coefficient (Wildman–Crippen LogP) is -2.90. The van der Waals surface area contributed by atoms with Crippen LogP contribution in [0.1, 0.15) is 6.92 Å². The molecule has 0 saturated carbocycles. The first-order valence-corrected chi connectivity index (χ1v) is 4.16. The lowest BCUT2D eigenvalue weighted by Crippen LogP contribution is -2.64. The highest BCUT2D eigenvalue weighted by Gasteiger charge is 2.43. The van der Waals surface area contributed by atoms with E-state index in [0.29, 0.717) is 0 Å². The third-order valence-corrected chi connectivity index (χ3v) is 2.22. The van der Waals surface area contributed by atoms with Crippen molar-refractivity contribution >= 4 is 0 Å². The van der Waals surface area contributed by atoms with Gasteiger partial charge in [0.25, 0.3) is 0 Å². The van der Waals surface area contributed by atoms with E-state index in [9.17, 15) is 15.3 Å². The standard InChI is InChI=1S/C7H16N2O4/c1-2(8)6-5(11)4(10)3(9)7(12)13-6/h2-7,10-12H,8-9H2,1H3/t2-,3-,4-,5+,6-,7+/m1/s1. The van der Waals surface area contributed by atoms with E-state index in [1.807, 2.05) is 0 Å². The van der Waals surface area contributed by atoms with Crippen LogP contribution < -0.4 is 11.5 Å². The lowest BCUT2D eigenvalue weighted by atomic mass is 9.94. The van der Waals surface area contributed by atoms with Gasteiger partial charge < -0.3 is 31.5 Å². The summed E-state index contributed by atoms with van der Waals surface area (Å²) >= 11 is 0. The average molecular weight is 192 g/mol. The highest BCUT2D eigenvalue weighted by atomic mass is 16.6. The van der Waals surface area contributed by atoms with Gasteiger partial charge in [-0.05, 0) is 6.92 Å². The van der Waals surface area contributed by atoms with Gasteiger partial charge in [0.05, 0.1) is 6.04 Å². The van der Waals surface area contributed by atoms with Crippen molar-refractivity contribution in [1.29, 1.82) is 0 Å².